The SMILES string of the molecule is Cc1occc1C(NN)C1CCOCC1. The fourth-order valence-electron chi connectivity index (χ4n) is 2.25. The van der Waals surface area contributed by atoms with Crippen LogP contribution in [0.2, 0.25) is 0 Å². The summed E-state index contributed by atoms with van der Waals surface area (Å²) in [5.74, 6) is 7.12. The van der Waals surface area contributed by atoms with Gasteiger partial charge in [0.25, 0.3) is 0 Å². The van der Waals surface area contributed by atoms with Crippen LogP contribution in [-0.2, 0) is 4.74 Å². The Bertz CT molecular complexity index is 305. The molecule has 0 amide bonds. The molecule has 1 aliphatic rings. The molecule has 1 unspecified atom stereocenters. The van der Waals surface area contributed by atoms with Crippen LogP contribution in [0.1, 0.15) is 30.2 Å². The number of nitrogens with one attached hydrogen (secondary N) is 1. The summed E-state index contributed by atoms with van der Waals surface area (Å²) in [6.45, 7) is 3.64. The van der Waals surface area contributed by atoms with Crippen molar-refractivity contribution in [1.82, 2.24) is 5.43 Å². The summed E-state index contributed by atoms with van der Waals surface area (Å²) in [7, 11) is 0. The Labute approximate surface area is 89.7 Å². The summed E-state index contributed by atoms with van der Waals surface area (Å²) in [5.41, 5.74) is 4.07. The van der Waals surface area contributed by atoms with E-state index in [-0.39, 0.29) is 6.04 Å². The molecule has 1 atom stereocenters. The van der Waals surface area contributed by atoms with Crippen LogP contribution in [0, 0.1) is 12.8 Å². The molecule has 15 heavy (non-hydrogen) atoms. The first-order valence-corrected chi connectivity index (χ1v) is 5.41. The molecule has 0 aromatic carbocycles. The zero-order valence-corrected chi connectivity index (χ0v) is 9.03. The third-order valence-electron chi connectivity index (χ3n) is 3.15. The van der Waals surface area contributed by atoms with Crippen molar-refractivity contribution in [1.29, 1.82) is 0 Å². The molecule has 1 saturated heterocycles. The van der Waals surface area contributed by atoms with Crippen molar-refractivity contribution in [2.24, 2.45) is 11.8 Å². The Morgan fingerprint density at radius 3 is 2.73 bits per heavy atom. The zero-order valence-electron chi connectivity index (χ0n) is 9.03. The van der Waals surface area contributed by atoms with Crippen molar-refractivity contribution >= 4 is 0 Å². The minimum absolute atomic E-state index is 0.188. The van der Waals surface area contributed by atoms with Gasteiger partial charge in [-0.2, -0.15) is 0 Å². The average Bonchev–Trinajstić information content (AvgIpc) is 2.68. The van der Waals surface area contributed by atoms with Gasteiger partial charge in [0, 0.05) is 18.8 Å². The highest BCUT2D eigenvalue weighted by Crippen LogP contribution is 2.31. The van der Waals surface area contributed by atoms with Crippen molar-refractivity contribution in [2.45, 2.75) is 25.8 Å². The molecule has 2 rings (SSSR count). The van der Waals surface area contributed by atoms with Crippen molar-refractivity contribution < 1.29 is 9.15 Å². The van der Waals surface area contributed by atoms with Crippen LogP contribution in [0.3, 0.4) is 0 Å². The molecule has 1 fully saturated rings. The molecule has 4 heteroatoms. The van der Waals surface area contributed by atoms with Gasteiger partial charge in [0.2, 0.25) is 0 Å². The largest absolute Gasteiger partial charge is 0.469 e. The predicted molar refractivity (Wildman–Crippen MR) is 57.1 cm³/mol. The normalized spacial score (nSPS) is 20.4. The minimum Gasteiger partial charge on any atom is -0.469 e. The lowest BCUT2D eigenvalue weighted by molar-refractivity contribution is 0.0534. The Morgan fingerprint density at radius 1 is 1.47 bits per heavy atom. The van der Waals surface area contributed by atoms with Crippen LogP contribution in [-0.4, -0.2) is 13.2 Å². The molecule has 4 nitrogen and oxygen atoms in total. The van der Waals surface area contributed by atoms with Gasteiger partial charge in [-0.15, -0.1) is 0 Å². The zero-order chi connectivity index (χ0) is 10.7. The quantitative estimate of drug-likeness (QED) is 0.586. The van der Waals surface area contributed by atoms with Gasteiger partial charge in [0.05, 0.1) is 12.3 Å². The van der Waals surface area contributed by atoms with Crippen molar-refractivity contribution in [3.63, 3.8) is 0 Å². The number of ether oxygens (including phenoxy) is 1. The van der Waals surface area contributed by atoms with Gasteiger partial charge < -0.3 is 9.15 Å². The molecule has 1 aromatic heterocycles. The maximum absolute atomic E-state index is 5.63. The second-order valence-corrected chi connectivity index (χ2v) is 4.03. The van der Waals surface area contributed by atoms with E-state index >= 15 is 0 Å². The number of hydrogen-bond acceptors (Lipinski definition) is 4. The molecular formula is C11H18N2O2. The average molecular weight is 210 g/mol. The topological polar surface area (TPSA) is 60.4 Å². The fourth-order valence-corrected chi connectivity index (χ4v) is 2.25. The van der Waals surface area contributed by atoms with Gasteiger partial charge in [-0.1, -0.05) is 0 Å². The molecule has 3 N–H and O–H groups in total. The van der Waals surface area contributed by atoms with Gasteiger partial charge in [-0.3, -0.25) is 11.3 Å². The Morgan fingerprint density at radius 2 is 2.20 bits per heavy atom. The van der Waals surface area contributed by atoms with Crippen LogP contribution in [0.4, 0.5) is 0 Å². The lowest BCUT2D eigenvalue weighted by atomic mass is 9.88. The van der Waals surface area contributed by atoms with Crippen LogP contribution in [0.25, 0.3) is 0 Å². The number of furan rings is 1. The highest BCUT2D eigenvalue weighted by Gasteiger charge is 2.26. The number of rotatable bonds is 3. The third-order valence-corrected chi connectivity index (χ3v) is 3.15. The number of nitrogens with two attached hydrogens (primary N) is 1. The Kier molecular flexibility index (Phi) is 3.41. The molecule has 2 heterocycles. The maximum Gasteiger partial charge on any atom is 0.105 e. The van der Waals surface area contributed by atoms with E-state index in [0.29, 0.717) is 5.92 Å². The summed E-state index contributed by atoms with van der Waals surface area (Å²) >= 11 is 0. The molecular weight excluding hydrogens is 192 g/mol. The summed E-state index contributed by atoms with van der Waals surface area (Å²) in [4.78, 5) is 0. The van der Waals surface area contributed by atoms with E-state index in [9.17, 15) is 0 Å². The third kappa shape index (κ3) is 2.22. The highest BCUT2D eigenvalue weighted by atomic mass is 16.5. The first-order chi connectivity index (χ1) is 7.33. The van der Waals surface area contributed by atoms with Crippen LogP contribution >= 0.6 is 0 Å². The van der Waals surface area contributed by atoms with Gasteiger partial charge in [0.15, 0.2) is 0 Å². The molecule has 0 saturated carbocycles. The monoisotopic (exact) mass is 210 g/mol. The van der Waals surface area contributed by atoms with Gasteiger partial charge >= 0.3 is 0 Å². The smallest absolute Gasteiger partial charge is 0.105 e. The second kappa shape index (κ2) is 4.79. The molecule has 0 aliphatic carbocycles. The van der Waals surface area contributed by atoms with Crippen molar-refractivity contribution in [2.75, 3.05) is 13.2 Å². The first-order valence-electron chi connectivity index (χ1n) is 5.41. The molecule has 1 aromatic rings. The summed E-state index contributed by atoms with van der Waals surface area (Å²) in [6.07, 6.45) is 3.83. The van der Waals surface area contributed by atoms with Gasteiger partial charge in [-0.05, 0) is 31.7 Å². The number of aryl methyl sites for hydroxylation is 1. The van der Waals surface area contributed by atoms with E-state index in [4.69, 9.17) is 15.0 Å². The minimum atomic E-state index is 0.188. The molecule has 84 valence electrons. The standard InChI is InChI=1S/C11H18N2O2/c1-8-10(4-7-15-8)11(13-12)9-2-5-14-6-3-9/h4,7,9,11,13H,2-3,5-6,12H2,1H3. The lowest BCUT2D eigenvalue weighted by Crippen LogP contribution is -2.36. The second-order valence-electron chi connectivity index (χ2n) is 4.03. The van der Waals surface area contributed by atoms with Crippen LogP contribution < -0.4 is 11.3 Å². The fraction of sp³-hybridized carbons (Fsp3) is 0.636. The number of hydrazine groups is 1. The van der Waals surface area contributed by atoms with E-state index in [2.05, 4.69) is 5.43 Å². The summed E-state index contributed by atoms with van der Waals surface area (Å²) in [5, 5.41) is 0. The molecule has 0 spiro atoms. The molecule has 0 bridgehead atoms. The highest BCUT2D eigenvalue weighted by molar-refractivity contribution is 5.21. The lowest BCUT2D eigenvalue weighted by Gasteiger charge is -2.29. The Hall–Kier alpha value is -0.840. The van der Waals surface area contributed by atoms with Crippen molar-refractivity contribution in [3.8, 4) is 0 Å². The van der Waals surface area contributed by atoms with Gasteiger partial charge in [-0.25, -0.2) is 0 Å². The van der Waals surface area contributed by atoms with Crippen LogP contribution in [0.5, 0.6) is 0 Å². The van der Waals surface area contributed by atoms with E-state index in [1.165, 1.54) is 5.56 Å². The molecule has 1 aliphatic heterocycles. The predicted octanol–water partition coefficient (Wildman–Crippen LogP) is 1.52. The summed E-state index contributed by atoms with van der Waals surface area (Å²) < 4.78 is 10.7. The Balaban J connectivity index is 2.12. The van der Waals surface area contributed by atoms with Gasteiger partial charge in [0.1, 0.15) is 5.76 Å². The molecule has 0 radical (unpaired) electrons. The van der Waals surface area contributed by atoms with Crippen LogP contribution in [0.15, 0.2) is 16.7 Å². The maximum atomic E-state index is 5.63. The summed E-state index contributed by atoms with van der Waals surface area (Å²) in [6, 6.07) is 2.18. The van der Waals surface area contributed by atoms with Crippen molar-refractivity contribution in [3.05, 3.63) is 23.7 Å². The van der Waals surface area contributed by atoms with E-state index in [0.717, 1.165) is 31.8 Å². The van der Waals surface area contributed by atoms with E-state index < -0.39 is 0 Å². The first kappa shape index (κ1) is 10.7. The van der Waals surface area contributed by atoms with E-state index in [1.54, 1.807) is 6.26 Å². The van der Waals surface area contributed by atoms with E-state index in [1.807, 2.05) is 13.0 Å². The number of hydrogen-bond donors (Lipinski definition) is 2.